The first kappa shape index (κ1) is 17.7. The first-order chi connectivity index (χ1) is 10.7. The molecule has 0 spiro atoms. The lowest BCUT2D eigenvalue weighted by Crippen LogP contribution is -2.33. The summed E-state index contributed by atoms with van der Waals surface area (Å²) in [5.74, 6) is 0. The Morgan fingerprint density at radius 2 is 1.96 bits per heavy atom. The Bertz CT molecular complexity index is 570. The predicted octanol–water partition coefficient (Wildman–Crippen LogP) is 3.68. The summed E-state index contributed by atoms with van der Waals surface area (Å²) < 4.78 is 30.4. The topological polar surface area (TPSA) is 41.6 Å². The molecule has 1 unspecified atom stereocenters. The van der Waals surface area contributed by atoms with Gasteiger partial charge < -0.3 is 10.1 Å². The summed E-state index contributed by atoms with van der Waals surface area (Å²) in [6.07, 6.45) is -2.72. The molecule has 0 aromatic heterocycles. The minimum absolute atomic E-state index is 0.334. The molecule has 1 N–H and O–H groups in total. The van der Waals surface area contributed by atoms with Gasteiger partial charge in [0.15, 0.2) is 0 Å². The normalized spacial score (nSPS) is 15.7. The highest BCUT2D eigenvalue weighted by Crippen LogP contribution is 2.25. The van der Waals surface area contributed by atoms with Crippen LogP contribution in [-0.2, 0) is 24.4 Å². The zero-order valence-electron chi connectivity index (χ0n) is 14.0. The van der Waals surface area contributed by atoms with Crippen molar-refractivity contribution in [2.75, 3.05) is 0 Å². The van der Waals surface area contributed by atoms with Crippen molar-refractivity contribution in [1.82, 2.24) is 10.2 Å². The van der Waals surface area contributed by atoms with Crippen molar-refractivity contribution in [3.05, 3.63) is 34.9 Å². The van der Waals surface area contributed by atoms with E-state index in [2.05, 4.69) is 5.32 Å². The summed E-state index contributed by atoms with van der Waals surface area (Å²) in [4.78, 5) is 13.8. The van der Waals surface area contributed by atoms with Crippen LogP contribution >= 0.6 is 0 Å². The molecule has 1 aromatic carbocycles. The molecule has 0 saturated carbocycles. The standard InChI is InChI=1S/C17H24F2N2O2/c1-11(15(18)19)20-8-12-5-6-13-9-21(10-14(13)7-12)16(22)23-17(2,3)4/h5-7,11,15,20H,8-10H2,1-4H3. The second kappa shape index (κ2) is 6.83. The molecule has 23 heavy (non-hydrogen) atoms. The molecule has 128 valence electrons. The van der Waals surface area contributed by atoms with E-state index in [0.29, 0.717) is 19.6 Å². The Labute approximate surface area is 135 Å². The molecule has 6 heteroatoms. The second-order valence-electron chi connectivity index (χ2n) is 6.94. The maximum atomic E-state index is 12.5. The molecule has 1 atom stereocenters. The van der Waals surface area contributed by atoms with Crippen LogP contribution in [0, 0.1) is 0 Å². The van der Waals surface area contributed by atoms with Gasteiger partial charge in [-0.3, -0.25) is 4.90 Å². The van der Waals surface area contributed by atoms with E-state index in [0.717, 1.165) is 16.7 Å². The van der Waals surface area contributed by atoms with Crippen LogP contribution in [0.15, 0.2) is 18.2 Å². The predicted molar refractivity (Wildman–Crippen MR) is 84.2 cm³/mol. The van der Waals surface area contributed by atoms with Crippen LogP contribution < -0.4 is 5.32 Å². The Hall–Kier alpha value is -1.69. The Balaban J connectivity index is 1.97. The van der Waals surface area contributed by atoms with Gasteiger partial charge in [-0.25, -0.2) is 13.6 Å². The molecular weight excluding hydrogens is 302 g/mol. The number of carbonyl (C=O) groups excluding carboxylic acids is 1. The van der Waals surface area contributed by atoms with E-state index >= 15 is 0 Å². The monoisotopic (exact) mass is 326 g/mol. The van der Waals surface area contributed by atoms with Crippen LogP contribution in [0.1, 0.15) is 44.4 Å². The van der Waals surface area contributed by atoms with Gasteiger partial charge in [-0.05, 0) is 44.4 Å². The minimum Gasteiger partial charge on any atom is -0.444 e. The maximum Gasteiger partial charge on any atom is 0.410 e. The molecule has 2 rings (SSSR count). The summed E-state index contributed by atoms with van der Waals surface area (Å²) in [6.45, 7) is 8.35. The molecule has 0 fully saturated rings. The van der Waals surface area contributed by atoms with Gasteiger partial charge in [0.05, 0.1) is 6.04 Å². The number of hydrogen-bond acceptors (Lipinski definition) is 3. The molecule has 0 saturated heterocycles. The third-order valence-electron chi connectivity index (χ3n) is 3.65. The van der Waals surface area contributed by atoms with E-state index in [9.17, 15) is 13.6 Å². The zero-order chi connectivity index (χ0) is 17.2. The lowest BCUT2D eigenvalue weighted by atomic mass is 10.1. The fourth-order valence-electron chi connectivity index (χ4n) is 2.38. The van der Waals surface area contributed by atoms with Gasteiger partial charge in [0.2, 0.25) is 0 Å². The molecular formula is C17H24F2N2O2. The summed E-state index contributed by atoms with van der Waals surface area (Å²) in [5, 5.41) is 2.80. The molecule has 1 aliphatic rings. The van der Waals surface area contributed by atoms with Gasteiger partial charge in [0, 0.05) is 19.6 Å². The average molecular weight is 326 g/mol. The molecule has 1 amide bonds. The molecule has 0 radical (unpaired) electrons. The van der Waals surface area contributed by atoms with E-state index in [4.69, 9.17) is 4.74 Å². The minimum atomic E-state index is -2.38. The van der Waals surface area contributed by atoms with E-state index in [1.54, 1.807) is 4.90 Å². The highest BCUT2D eigenvalue weighted by molar-refractivity contribution is 5.69. The number of rotatable bonds is 4. The number of halogens is 2. The van der Waals surface area contributed by atoms with E-state index in [-0.39, 0.29) is 6.09 Å². The second-order valence-corrected chi connectivity index (χ2v) is 6.94. The highest BCUT2D eigenvalue weighted by Gasteiger charge is 2.27. The summed E-state index contributed by atoms with van der Waals surface area (Å²) >= 11 is 0. The SMILES string of the molecule is CC(NCc1ccc2c(c1)CN(C(=O)OC(C)(C)C)C2)C(F)F. The van der Waals surface area contributed by atoms with Crippen LogP contribution in [0.4, 0.5) is 13.6 Å². The smallest absolute Gasteiger partial charge is 0.410 e. The molecule has 1 aliphatic heterocycles. The average Bonchev–Trinajstić information content (AvgIpc) is 2.85. The van der Waals surface area contributed by atoms with Crippen molar-refractivity contribution in [2.45, 2.75) is 65.4 Å². The molecule has 0 aliphatic carbocycles. The van der Waals surface area contributed by atoms with Crippen molar-refractivity contribution in [1.29, 1.82) is 0 Å². The largest absolute Gasteiger partial charge is 0.444 e. The van der Waals surface area contributed by atoms with Crippen LogP contribution in [-0.4, -0.2) is 29.1 Å². The van der Waals surface area contributed by atoms with E-state index in [1.807, 2.05) is 39.0 Å². The van der Waals surface area contributed by atoms with Crippen molar-refractivity contribution in [3.63, 3.8) is 0 Å². The molecule has 0 bridgehead atoms. The molecule has 4 nitrogen and oxygen atoms in total. The number of nitrogens with zero attached hydrogens (tertiary/aromatic N) is 1. The Kier molecular flexibility index (Phi) is 5.24. The Morgan fingerprint density at radius 1 is 1.30 bits per heavy atom. The summed E-state index contributed by atoms with van der Waals surface area (Å²) in [7, 11) is 0. The number of benzene rings is 1. The van der Waals surface area contributed by atoms with Gasteiger partial charge in [-0.15, -0.1) is 0 Å². The van der Waals surface area contributed by atoms with Gasteiger partial charge >= 0.3 is 6.09 Å². The molecule has 1 aromatic rings. The number of carbonyl (C=O) groups is 1. The van der Waals surface area contributed by atoms with Gasteiger partial charge in [-0.1, -0.05) is 18.2 Å². The van der Waals surface area contributed by atoms with Crippen molar-refractivity contribution < 1.29 is 18.3 Å². The summed E-state index contributed by atoms with van der Waals surface area (Å²) in [6, 6.07) is 4.97. The van der Waals surface area contributed by atoms with Gasteiger partial charge in [-0.2, -0.15) is 0 Å². The quantitative estimate of drug-likeness (QED) is 0.918. The molecule has 1 heterocycles. The van der Waals surface area contributed by atoms with Crippen LogP contribution in [0.2, 0.25) is 0 Å². The van der Waals surface area contributed by atoms with E-state index < -0.39 is 18.1 Å². The highest BCUT2D eigenvalue weighted by atomic mass is 19.3. The fourth-order valence-corrected chi connectivity index (χ4v) is 2.38. The maximum absolute atomic E-state index is 12.5. The van der Waals surface area contributed by atoms with Gasteiger partial charge in [0.1, 0.15) is 5.60 Å². The third kappa shape index (κ3) is 4.89. The lowest BCUT2D eigenvalue weighted by molar-refractivity contribution is 0.0242. The zero-order valence-corrected chi connectivity index (χ0v) is 14.0. The lowest BCUT2D eigenvalue weighted by Gasteiger charge is -2.24. The number of hydrogen-bond donors (Lipinski definition) is 1. The number of alkyl halides is 2. The van der Waals surface area contributed by atoms with Crippen molar-refractivity contribution in [2.24, 2.45) is 0 Å². The van der Waals surface area contributed by atoms with Crippen LogP contribution in [0.5, 0.6) is 0 Å². The number of nitrogens with one attached hydrogen (secondary N) is 1. The van der Waals surface area contributed by atoms with Crippen LogP contribution in [0.25, 0.3) is 0 Å². The Morgan fingerprint density at radius 3 is 2.57 bits per heavy atom. The first-order valence-electron chi connectivity index (χ1n) is 7.76. The number of ether oxygens (including phenoxy) is 1. The van der Waals surface area contributed by atoms with E-state index in [1.165, 1.54) is 6.92 Å². The number of fused-ring (bicyclic) bond motifs is 1. The third-order valence-corrected chi connectivity index (χ3v) is 3.65. The van der Waals surface area contributed by atoms with Crippen molar-refractivity contribution in [3.8, 4) is 0 Å². The van der Waals surface area contributed by atoms with Crippen molar-refractivity contribution >= 4 is 6.09 Å². The summed E-state index contributed by atoms with van der Waals surface area (Å²) in [5.41, 5.74) is 2.52. The number of amides is 1. The van der Waals surface area contributed by atoms with Crippen LogP contribution in [0.3, 0.4) is 0 Å². The first-order valence-corrected chi connectivity index (χ1v) is 7.76. The fraction of sp³-hybridized carbons (Fsp3) is 0.588. The van der Waals surface area contributed by atoms with Gasteiger partial charge in [0.25, 0.3) is 6.43 Å².